The lowest BCUT2D eigenvalue weighted by molar-refractivity contribution is 0.793. The molecule has 310 valence electrons. The van der Waals surface area contributed by atoms with Crippen molar-refractivity contribution in [3.05, 3.63) is 290 Å². The van der Waals surface area contributed by atoms with Crippen LogP contribution < -0.4 is 4.90 Å². The molecule has 10 aromatic rings. The van der Waals surface area contributed by atoms with E-state index in [1.54, 1.807) is 6.08 Å². The van der Waals surface area contributed by atoms with Crippen molar-refractivity contribution in [1.29, 1.82) is 0 Å². The fourth-order valence-corrected chi connectivity index (χ4v) is 10.9. The average Bonchev–Trinajstić information content (AvgIpc) is 3.85. The lowest BCUT2D eigenvalue weighted by Crippen LogP contribution is -2.26. The minimum absolute atomic E-state index is 0.466. The van der Waals surface area contributed by atoms with E-state index in [9.17, 15) is 0 Å². The van der Waals surface area contributed by atoms with Crippen LogP contribution in [0.15, 0.2) is 262 Å². The summed E-state index contributed by atoms with van der Waals surface area (Å²) < 4.78 is 0. The summed E-state index contributed by atoms with van der Waals surface area (Å²) in [7, 11) is 0. The molecule has 0 N–H and O–H groups in total. The maximum atomic E-state index is 4.48. The largest absolute Gasteiger partial charge is 0.310 e. The van der Waals surface area contributed by atoms with Gasteiger partial charge in [-0.15, -0.1) is 0 Å². The predicted octanol–water partition coefficient (Wildman–Crippen LogP) is 17.4. The molecule has 0 unspecified atom stereocenters. The number of benzene rings is 10. The summed E-state index contributed by atoms with van der Waals surface area (Å²) in [5.41, 5.74) is 22.2. The number of nitrogens with zero attached hydrogens (tertiary/aromatic N) is 1. The monoisotopic (exact) mass is 839 g/mol. The van der Waals surface area contributed by atoms with E-state index in [1.165, 1.54) is 66.4 Å². The van der Waals surface area contributed by atoms with E-state index in [0.29, 0.717) is 0 Å². The Morgan fingerprint density at radius 2 is 0.879 bits per heavy atom. The van der Waals surface area contributed by atoms with Crippen LogP contribution in [0.25, 0.3) is 72.0 Å². The summed E-state index contributed by atoms with van der Waals surface area (Å²) in [6, 6.07) is 85.0. The second kappa shape index (κ2) is 15.9. The van der Waals surface area contributed by atoms with E-state index >= 15 is 0 Å². The predicted molar refractivity (Wildman–Crippen MR) is 280 cm³/mol. The Balaban J connectivity index is 1.08. The summed E-state index contributed by atoms with van der Waals surface area (Å²) >= 11 is 0. The lowest BCUT2D eigenvalue weighted by atomic mass is 9.70. The van der Waals surface area contributed by atoms with E-state index in [-0.39, 0.29) is 0 Å². The molecular weight excluding hydrogens is 795 g/mol. The van der Waals surface area contributed by atoms with Gasteiger partial charge in [0.15, 0.2) is 0 Å². The van der Waals surface area contributed by atoms with Crippen LogP contribution in [0, 0.1) is 0 Å². The van der Waals surface area contributed by atoms with Crippen molar-refractivity contribution >= 4 is 33.4 Å². The molecule has 0 radical (unpaired) electrons. The zero-order chi connectivity index (χ0) is 44.2. The maximum absolute atomic E-state index is 4.48. The number of hydrogen-bond acceptors (Lipinski definition) is 1. The molecule has 2 aliphatic carbocycles. The first-order valence-corrected chi connectivity index (χ1v) is 22.7. The summed E-state index contributed by atoms with van der Waals surface area (Å²) in [6.45, 7) is 8.38. The fraction of sp³-hybridized carbons (Fsp3) is 0.0154. The van der Waals surface area contributed by atoms with Crippen LogP contribution >= 0.6 is 0 Å². The van der Waals surface area contributed by atoms with Crippen molar-refractivity contribution in [2.24, 2.45) is 0 Å². The van der Waals surface area contributed by atoms with Crippen molar-refractivity contribution in [2.45, 2.75) is 5.41 Å². The van der Waals surface area contributed by atoms with E-state index in [0.717, 1.165) is 50.5 Å². The zero-order valence-electron chi connectivity index (χ0n) is 36.5. The van der Waals surface area contributed by atoms with Crippen molar-refractivity contribution in [3.8, 4) is 55.6 Å². The van der Waals surface area contributed by atoms with E-state index < -0.39 is 5.41 Å². The van der Waals surface area contributed by atoms with Crippen LogP contribution in [0.1, 0.15) is 27.8 Å². The molecule has 1 heteroatoms. The molecule has 10 aromatic carbocycles. The highest BCUT2D eigenvalue weighted by Gasteiger charge is 2.51. The number of hydrogen-bond donors (Lipinski definition) is 0. The standard InChI is InChI=1S/C65H45N/c1-3-4-18-44(2)53-23-10-11-24-54(53)55-39-37-51(42-60(55)47-20-6-5-7-21-47)66(50-35-33-46(34-36-50)49-32-31-45-19-8-9-22-48(45)41-49)52-38-40-59-58-27-14-17-30-63(58)65(64(59)43-52)61-28-15-12-25-56(61)57-26-13-16-29-62(57)65/h3-43H,1-2H2/b18-4-. The van der Waals surface area contributed by atoms with Crippen molar-refractivity contribution in [3.63, 3.8) is 0 Å². The number of anilines is 3. The smallest absolute Gasteiger partial charge is 0.0726 e. The highest BCUT2D eigenvalue weighted by molar-refractivity contribution is 5.98. The van der Waals surface area contributed by atoms with Crippen LogP contribution in [-0.4, -0.2) is 0 Å². The van der Waals surface area contributed by atoms with Gasteiger partial charge < -0.3 is 4.90 Å². The Kier molecular flexibility index (Phi) is 9.43. The van der Waals surface area contributed by atoms with Crippen LogP contribution in [0.4, 0.5) is 17.1 Å². The first kappa shape index (κ1) is 39.1. The molecule has 0 aromatic heterocycles. The van der Waals surface area contributed by atoms with Crippen molar-refractivity contribution in [2.75, 3.05) is 4.90 Å². The van der Waals surface area contributed by atoms with Gasteiger partial charge in [-0.3, -0.25) is 0 Å². The fourth-order valence-electron chi connectivity index (χ4n) is 10.9. The van der Waals surface area contributed by atoms with Crippen LogP contribution in [0.5, 0.6) is 0 Å². The topological polar surface area (TPSA) is 3.24 Å². The van der Waals surface area contributed by atoms with Gasteiger partial charge in [-0.05, 0) is 142 Å². The summed E-state index contributed by atoms with van der Waals surface area (Å²) in [4.78, 5) is 2.45. The molecule has 1 spiro atoms. The first-order valence-electron chi connectivity index (χ1n) is 22.7. The molecule has 0 aliphatic heterocycles. The van der Waals surface area contributed by atoms with Crippen LogP contribution in [0.2, 0.25) is 0 Å². The number of rotatable bonds is 9. The number of allylic oxidation sites excluding steroid dienone is 4. The Bertz CT molecular complexity index is 3510. The van der Waals surface area contributed by atoms with Gasteiger partial charge >= 0.3 is 0 Å². The molecule has 66 heavy (non-hydrogen) atoms. The molecule has 1 nitrogen and oxygen atoms in total. The molecule has 2 aliphatic rings. The van der Waals surface area contributed by atoms with Gasteiger partial charge in [0.05, 0.1) is 5.41 Å². The molecule has 0 heterocycles. The third kappa shape index (κ3) is 6.16. The lowest BCUT2D eigenvalue weighted by Gasteiger charge is -2.32. The Labute approximate surface area is 387 Å². The van der Waals surface area contributed by atoms with Crippen LogP contribution in [0.3, 0.4) is 0 Å². The summed E-state index contributed by atoms with van der Waals surface area (Å²) in [5.74, 6) is 0. The molecule has 0 bridgehead atoms. The molecule has 0 saturated carbocycles. The zero-order valence-corrected chi connectivity index (χ0v) is 36.5. The van der Waals surface area contributed by atoms with Gasteiger partial charge in [0.2, 0.25) is 0 Å². The van der Waals surface area contributed by atoms with Gasteiger partial charge in [0, 0.05) is 17.1 Å². The number of fused-ring (bicyclic) bond motifs is 11. The highest BCUT2D eigenvalue weighted by Crippen LogP contribution is 2.63. The van der Waals surface area contributed by atoms with E-state index in [2.05, 4.69) is 249 Å². The molecule has 0 saturated heterocycles. The van der Waals surface area contributed by atoms with Gasteiger partial charge in [0.25, 0.3) is 0 Å². The van der Waals surface area contributed by atoms with Gasteiger partial charge in [-0.1, -0.05) is 219 Å². The van der Waals surface area contributed by atoms with Crippen LogP contribution in [-0.2, 0) is 5.41 Å². The normalized spacial score (nSPS) is 12.7. The Hall–Kier alpha value is -8.52. The maximum Gasteiger partial charge on any atom is 0.0726 e. The highest BCUT2D eigenvalue weighted by atomic mass is 15.1. The minimum atomic E-state index is -0.466. The summed E-state index contributed by atoms with van der Waals surface area (Å²) in [6.07, 6.45) is 5.78. The van der Waals surface area contributed by atoms with Gasteiger partial charge in [-0.2, -0.15) is 0 Å². The van der Waals surface area contributed by atoms with Gasteiger partial charge in [-0.25, -0.2) is 0 Å². The molecule has 12 rings (SSSR count). The second-order valence-electron chi connectivity index (χ2n) is 17.3. The molecule has 0 amide bonds. The molecule has 0 fully saturated rings. The average molecular weight is 840 g/mol. The molecule has 0 atom stereocenters. The SMILES string of the molecule is C=C/C=C\C(=C)c1ccccc1-c1ccc(N(c2ccc(-c3ccc4ccccc4c3)cc2)c2ccc3c(c2)C2(c4ccccc4-c4ccccc42)c2ccccc2-3)cc1-c1ccccc1. The third-order valence-electron chi connectivity index (χ3n) is 13.8. The van der Waals surface area contributed by atoms with Crippen molar-refractivity contribution < 1.29 is 0 Å². The van der Waals surface area contributed by atoms with E-state index in [4.69, 9.17) is 0 Å². The summed E-state index contributed by atoms with van der Waals surface area (Å²) in [5, 5.41) is 2.48. The Morgan fingerprint density at radius 3 is 1.55 bits per heavy atom. The first-order chi connectivity index (χ1) is 32.6. The Morgan fingerprint density at radius 1 is 0.364 bits per heavy atom. The van der Waals surface area contributed by atoms with Gasteiger partial charge in [0.1, 0.15) is 0 Å². The molecular formula is C65H45N. The third-order valence-corrected chi connectivity index (χ3v) is 13.8. The van der Waals surface area contributed by atoms with E-state index in [1.807, 2.05) is 12.2 Å². The quantitative estimate of drug-likeness (QED) is 0.131. The minimum Gasteiger partial charge on any atom is -0.310 e. The second-order valence-corrected chi connectivity index (χ2v) is 17.3. The van der Waals surface area contributed by atoms with Crippen molar-refractivity contribution in [1.82, 2.24) is 0 Å².